The number of amides is 1. The van der Waals surface area contributed by atoms with E-state index in [0.29, 0.717) is 17.6 Å². The number of anilines is 2. The average molecular weight is 547 g/mol. The molecule has 0 aliphatic heterocycles. The third kappa shape index (κ3) is 5.38. The van der Waals surface area contributed by atoms with Crippen LogP contribution in [0, 0.1) is 11.8 Å². The van der Waals surface area contributed by atoms with Gasteiger partial charge in [-0.2, -0.15) is 0 Å². The van der Waals surface area contributed by atoms with Gasteiger partial charge in [-0.15, -0.1) is 16.4 Å². The lowest BCUT2D eigenvalue weighted by Gasteiger charge is -2.32. The Bertz CT molecular complexity index is 1480. The van der Waals surface area contributed by atoms with Crippen molar-refractivity contribution in [3.8, 4) is 16.1 Å². The largest absolute Gasteiger partial charge is 0.462 e. The van der Waals surface area contributed by atoms with E-state index in [1.807, 2.05) is 44.2 Å². The maximum absolute atomic E-state index is 13.7. The molecule has 2 N–H and O–H groups in total. The predicted octanol–water partition coefficient (Wildman–Crippen LogP) is 5.87. The van der Waals surface area contributed by atoms with Crippen LogP contribution in [0.3, 0.4) is 0 Å². The lowest BCUT2D eigenvalue weighted by atomic mass is 9.82. The van der Waals surface area contributed by atoms with Crippen LogP contribution in [0.1, 0.15) is 63.7 Å². The number of carbonyl (C=O) groups excluding carboxylic acids is 2. The van der Waals surface area contributed by atoms with Crippen molar-refractivity contribution in [1.82, 2.24) is 19.7 Å². The first-order valence-corrected chi connectivity index (χ1v) is 14.3. The molecule has 39 heavy (non-hydrogen) atoms. The fourth-order valence-electron chi connectivity index (χ4n) is 5.13. The molecule has 0 unspecified atom stereocenters. The Morgan fingerprint density at radius 3 is 2.51 bits per heavy atom. The summed E-state index contributed by atoms with van der Waals surface area (Å²) in [5.74, 6) is 0.912. The molecule has 10 heteroatoms. The van der Waals surface area contributed by atoms with E-state index in [9.17, 15) is 9.59 Å². The minimum absolute atomic E-state index is 0.0233. The number of aromatic nitrogens is 4. The summed E-state index contributed by atoms with van der Waals surface area (Å²) in [5, 5.41) is 4.77. The lowest BCUT2D eigenvalue weighted by Crippen LogP contribution is -2.43. The minimum Gasteiger partial charge on any atom is -0.462 e. The number of thiophene rings is 1. The van der Waals surface area contributed by atoms with E-state index in [1.54, 1.807) is 34.0 Å². The molecular weight excluding hydrogens is 512 g/mol. The number of hydrogen-bond donors (Lipinski definition) is 1. The molecule has 1 saturated carbocycles. The number of rotatable bonds is 7. The SMILES string of the molecule is CCOC(=O)c1cn(-c2ccc(-c3cc4ncnc(N)c4s3)cc2)nc1N(C(=O)C1CCC(C)CC1)C(C)C. The Hall–Kier alpha value is -3.79. The van der Waals surface area contributed by atoms with Crippen molar-refractivity contribution >= 4 is 45.1 Å². The van der Waals surface area contributed by atoms with Crippen LogP contribution < -0.4 is 10.6 Å². The van der Waals surface area contributed by atoms with Crippen molar-refractivity contribution < 1.29 is 14.3 Å². The maximum atomic E-state index is 13.7. The fourth-order valence-corrected chi connectivity index (χ4v) is 6.15. The van der Waals surface area contributed by atoms with Crippen LogP contribution in [0.25, 0.3) is 26.3 Å². The molecule has 0 radical (unpaired) electrons. The second kappa shape index (κ2) is 11.1. The Kier molecular flexibility index (Phi) is 7.65. The molecule has 204 valence electrons. The number of ether oxygens (including phenoxy) is 1. The Morgan fingerprint density at radius 2 is 1.87 bits per heavy atom. The van der Waals surface area contributed by atoms with Gasteiger partial charge in [0.25, 0.3) is 0 Å². The molecule has 1 aliphatic rings. The van der Waals surface area contributed by atoms with Gasteiger partial charge in [0.05, 0.1) is 22.5 Å². The van der Waals surface area contributed by atoms with Crippen LogP contribution in [0.5, 0.6) is 0 Å². The molecule has 3 aromatic heterocycles. The fraction of sp³-hybridized carbons (Fsp3) is 0.414. The lowest BCUT2D eigenvalue weighted by molar-refractivity contribution is -0.124. The molecule has 4 aromatic rings. The summed E-state index contributed by atoms with van der Waals surface area (Å²) in [6.45, 7) is 8.14. The highest BCUT2D eigenvalue weighted by Crippen LogP contribution is 2.36. The zero-order valence-electron chi connectivity index (χ0n) is 22.8. The molecule has 1 aliphatic carbocycles. The number of nitrogens with two attached hydrogens (primary N) is 1. The number of fused-ring (bicyclic) bond motifs is 1. The highest BCUT2D eigenvalue weighted by molar-refractivity contribution is 7.22. The van der Waals surface area contributed by atoms with Gasteiger partial charge in [0.1, 0.15) is 17.7 Å². The van der Waals surface area contributed by atoms with Gasteiger partial charge in [-0.3, -0.25) is 9.69 Å². The van der Waals surface area contributed by atoms with Crippen LogP contribution in [0.15, 0.2) is 42.9 Å². The molecule has 1 fully saturated rings. The predicted molar refractivity (Wildman–Crippen MR) is 154 cm³/mol. The van der Waals surface area contributed by atoms with Crippen molar-refractivity contribution in [3.05, 3.63) is 48.4 Å². The van der Waals surface area contributed by atoms with E-state index in [2.05, 4.69) is 16.9 Å². The smallest absolute Gasteiger partial charge is 0.343 e. The molecule has 1 aromatic carbocycles. The summed E-state index contributed by atoms with van der Waals surface area (Å²) in [5.41, 5.74) is 8.88. The normalized spacial score (nSPS) is 17.5. The van der Waals surface area contributed by atoms with E-state index in [0.717, 1.165) is 52.0 Å². The van der Waals surface area contributed by atoms with Crippen LogP contribution in [-0.2, 0) is 9.53 Å². The van der Waals surface area contributed by atoms with Gasteiger partial charge in [0.15, 0.2) is 5.82 Å². The Balaban J connectivity index is 1.49. The molecule has 9 nitrogen and oxygen atoms in total. The number of carbonyl (C=O) groups is 2. The topological polar surface area (TPSA) is 116 Å². The van der Waals surface area contributed by atoms with Gasteiger partial charge in [-0.1, -0.05) is 19.1 Å². The van der Waals surface area contributed by atoms with E-state index in [1.165, 1.54) is 6.33 Å². The van der Waals surface area contributed by atoms with Crippen LogP contribution in [-0.4, -0.2) is 44.3 Å². The standard InChI is InChI=1S/C29H34N6O3S/c1-5-38-29(37)22-15-34(33-27(22)35(17(2)3)28(36)20-8-6-18(4)7-9-20)21-12-10-19(11-13-21)24-14-23-25(39-24)26(30)32-16-31-23/h10-18,20H,5-9H2,1-4H3,(H2,30,31,32). The molecule has 0 atom stereocenters. The first kappa shape index (κ1) is 26.8. The molecular formula is C29H34N6O3S. The van der Waals surface area contributed by atoms with E-state index in [4.69, 9.17) is 15.6 Å². The highest BCUT2D eigenvalue weighted by atomic mass is 32.1. The van der Waals surface area contributed by atoms with Crippen molar-refractivity contribution in [2.45, 2.75) is 59.4 Å². The highest BCUT2D eigenvalue weighted by Gasteiger charge is 2.34. The van der Waals surface area contributed by atoms with Gasteiger partial charge in [-0.05, 0) is 76.1 Å². The number of nitrogens with zero attached hydrogens (tertiary/aromatic N) is 5. The van der Waals surface area contributed by atoms with E-state index < -0.39 is 5.97 Å². The molecule has 3 heterocycles. The Morgan fingerprint density at radius 1 is 1.15 bits per heavy atom. The summed E-state index contributed by atoms with van der Waals surface area (Å²) >= 11 is 1.54. The second-order valence-corrected chi connectivity index (χ2v) is 11.5. The molecule has 0 bridgehead atoms. The van der Waals surface area contributed by atoms with Crippen molar-refractivity contribution in [2.75, 3.05) is 17.2 Å². The zero-order valence-corrected chi connectivity index (χ0v) is 23.6. The summed E-state index contributed by atoms with van der Waals surface area (Å²) in [7, 11) is 0. The molecule has 0 saturated heterocycles. The molecule has 5 rings (SSSR count). The van der Waals surface area contributed by atoms with Gasteiger partial charge >= 0.3 is 5.97 Å². The number of nitrogen functional groups attached to an aromatic ring is 1. The van der Waals surface area contributed by atoms with Crippen molar-refractivity contribution in [1.29, 1.82) is 0 Å². The van der Waals surface area contributed by atoms with Gasteiger partial charge < -0.3 is 10.5 Å². The number of benzene rings is 1. The van der Waals surface area contributed by atoms with Crippen molar-refractivity contribution in [3.63, 3.8) is 0 Å². The van der Waals surface area contributed by atoms with E-state index in [-0.39, 0.29) is 30.0 Å². The second-order valence-electron chi connectivity index (χ2n) is 10.4. The summed E-state index contributed by atoms with van der Waals surface area (Å²) in [6, 6.07) is 9.68. The molecule has 0 spiro atoms. The van der Waals surface area contributed by atoms with Crippen LogP contribution in [0.4, 0.5) is 11.6 Å². The Labute approximate surface area is 232 Å². The van der Waals surface area contributed by atoms with E-state index >= 15 is 0 Å². The van der Waals surface area contributed by atoms with Crippen LogP contribution in [0.2, 0.25) is 0 Å². The number of hydrogen-bond acceptors (Lipinski definition) is 8. The minimum atomic E-state index is -0.491. The monoisotopic (exact) mass is 546 g/mol. The zero-order chi connectivity index (χ0) is 27.7. The maximum Gasteiger partial charge on any atom is 0.343 e. The molecule has 1 amide bonds. The average Bonchev–Trinajstić information content (AvgIpc) is 3.55. The van der Waals surface area contributed by atoms with Gasteiger partial charge in [0.2, 0.25) is 5.91 Å². The summed E-state index contributed by atoms with van der Waals surface area (Å²) < 4.78 is 7.86. The van der Waals surface area contributed by atoms with Crippen LogP contribution >= 0.6 is 11.3 Å². The quantitative estimate of drug-likeness (QED) is 0.288. The first-order chi connectivity index (χ1) is 18.8. The number of esters is 1. The van der Waals surface area contributed by atoms with Gasteiger partial charge in [-0.25, -0.2) is 19.4 Å². The summed E-state index contributed by atoms with van der Waals surface area (Å²) in [4.78, 5) is 37.8. The third-order valence-corrected chi connectivity index (χ3v) is 8.49. The van der Waals surface area contributed by atoms with Crippen molar-refractivity contribution in [2.24, 2.45) is 11.8 Å². The first-order valence-electron chi connectivity index (χ1n) is 13.5. The van der Waals surface area contributed by atoms with Gasteiger partial charge in [0, 0.05) is 23.0 Å². The third-order valence-electron chi connectivity index (χ3n) is 7.29. The summed E-state index contributed by atoms with van der Waals surface area (Å²) in [6.07, 6.45) is 6.90.